The van der Waals surface area contributed by atoms with Gasteiger partial charge in [0.2, 0.25) is 0 Å². The summed E-state index contributed by atoms with van der Waals surface area (Å²) in [5.74, 6) is -0.543. The van der Waals surface area contributed by atoms with Crippen LogP contribution in [0.1, 0.15) is 44.8 Å². The van der Waals surface area contributed by atoms with Crippen LogP contribution < -0.4 is 5.43 Å². The smallest absolute Gasteiger partial charge is 0.273 e. The van der Waals surface area contributed by atoms with Gasteiger partial charge in [0.1, 0.15) is 0 Å². The van der Waals surface area contributed by atoms with Gasteiger partial charge in [-0.15, -0.1) is 0 Å². The molecule has 5 heteroatoms. The molecule has 0 saturated carbocycles. The Hall–Kier alpha value is -1.39. The van der Waals surface area contributed by atoms with Crippen molar-refractivity contribution < 1.29 is 9.90 Å². The molecule has 19 heavy (non-hydrogen) atoms. The Bertz CT molecular complexity index is 443. The van der Waals surface area contributed by atoms with Crippen molar-refractivity contribution in [1.29, 1.82) is 0 Å². The fraction of sp³-hybridized carbons (Fsp3) is 0.429. The number of aliphatic hydroxyl groups excluding tert-OH is 1. The lowest BCUT2D eigenvalue weighted by Crippen LogP contribution is -2.26. The number of hydrogen-bond acceptors (Lipinski definition) is 3. The number of hydrogen-bond donors (Lipinski definition) is 2. The third-order valence-electron chi connectivity index (χ3n) is 2.68. The maximum atomic E-state index is 11.7. The Labute approximate surface area is 118 Å². The van der Waals surface area contributed by atoms with Crippen molar-refractivity contribution in [3.05, 3.63) is 34.9 Å². The van der Waals surface area contributed by atoms with E-state index in [0.29, 0.717) is 10.6 Å². The number of amides is 1. The minimum absolute atomic E-state index is 0.489. The van der Waals surface area contributed by atoms with Crippen molar-refractivity contribution in [1.82, 2.24) is 5.43 Å². The summed E-state index contributed by atoms with van der Waals surface area (Å²) >= 11 is 5.74. The van der Waals surface area contributed by atoms with Crippen LogP contribution in [-0.4, -0.2) is 16.7 Å². The molecule has 0 bridgehead atoms. The van der Waals surface area contributed by atoms with Crippen molar-refractivity contribution in [2.45, 2.75) is 39.2 Å². The highest BCUT2D eigenvalue weighted by Crippen LogP contribution is 2.16. The lowest BCUT2D eigenvalue weighted by molar-refractivity contribution is -0.129. The molecule has 0 saturated heterocycles. The molecule has 0 radical (unpaired) electrons. The van der Waals surface area contributed by atoms with E-state index in [2.05, 4.69) is 17.5 Å². The first-order valence-corrected chi connectivity index (χ1v) is 6.69. The molecule has 0 aliphatic carbocycles. The molecule has 0 aliphatic rings. The van der Waals surface area contributed by atoms with E-state index >= 15 is 0 Å². The average Bonchev–Trinajstić information content (AvgIpc) is 2.42. The fourth-order valence-electron chi connectivity index (χ4n) is 1.50. The van der Waals surface area contributed by atoms with Crippen LogP contribution in [0.25, 0.3) is 0 Å². The van der Waals surface area contributed by atoms with Crippen LogP contribution in [0.2, 0.25) is 5.02 Å². The number of nitrogens with one attached hydrogen (secondary N) is 1. The lowest BCUT2D eigenvalue weighted by atomic mass is 10.1. The van der Waals surface area contributed by atoms with E-state index in [0.717, 1.165) is 25.0 Å². The summed E-state index contributed by atoms with van der Waals surface area (Å²) in [6, 6.07) is 6.48. The molecule has 2 N–H and O–H groups in total. The molecular weight excluding hydrogens is 264 g/mol. The Morgan fingerprint density at radius 3 is 2.63 bits per heavy atom. The number of hydrazone groups is 1. The van der Waals surface area contributed by atoms with Gasteiger partial charge >= 0.3 is 0 Å². The first-order valence-electron chi connectivity index (χ1n) is 6.31. The van der Waals surface area contributed by atoms with E-state index in [1.165, 1.54) is 0 Å². The van der Waals surface area contributed by atoms with Crippen molar-refractivity contribution >= 4 is 23.2 Å². The first kappa shape index (κ1) is 15.7. The number of unbranched alkanes of at least 4 members (excludes halogenated alkanes) is 1. The van der Waals surface area contributed by atoms with Crippen LogP contribution >= 0.6 is 11.6 Å². The van der Waals surface area contributed by atoms with Gasteiger partial charge in [-0.1, -0.05) is 37.1 Å². The van der Waals surface area contributed by atoms with Crippen molar-refractivity contribution in [3.8, 4) is 0 Å². The van der Waals surface area contributed by atoms with Gasteiger partial charge in [-0.05, 0) is 37.5 Å². The number of nitrogens with zero attached hydrogens (tertiary/aromatic N) is 1. The number of halogens is 1. The molecule has 4 nitrogen and oxygen atoms in total. The Balaban J connectivity index is 2.55. The molecule has 0 aliphatic heterocycles. The number of benzene rings is 1. The Morgan fingerprint density at radius 2 is 2.05 bits per heavy atom. The minimum Gasteiger partial charge on any atom is -0.378 e. The van der Waals surface area contributed by atoms with Crippen LogP contribution in [0.4, 0.5) is 0 Å². The van der Waals surface area contributed by atoms with Crippen LogP contribution in [0.3, 0.4) is 0 Å². The van der Waals surface area contributed by atoms with Gasteiger partial charge < -0.3 is 5.11 Å². The predicted molar refractivity (Wildman–Crippen MR) is 77.2 cm³/mol. The summed E-state index contributed by atoms with van der Waals surface area (Å²) in [6.45, 7) is 3.95. The molecule has 1 aromatic carbocycles. The number of carbonyl (C=O) groups is 1. The van der Waals surface area contributed by atoms with Gasteiger partial charge in [-0.2, -0.15) is 5.10 Å². The van der Waals surface area contributed by atoms with E-state index < -0.39 is 12.0 Å². The van der Waals surface area contributed by atoms with Crippen LogP contribution in [0.15, 0.2) is 29.4 Å². The Morgan fingerprint density at radius 1 is 1.42 bits per heavy atom. The highest BCUT2D eigenvalue weighted by atomic mass is 35.5. The highest BCUT2D eigenvalue weighted by Gasteiger charge is 2.16. The zero-order valence-corrected chi connectivity index (χ0v) is 11.9. The average molecular weight is 283 g/mol. The highest BCUT2D eigenvalue weighted by molar-refractivity contribution is 6.30. The van der Waals surface area contributed by atoms with Gasteiger partial charge in [0.05, 0.1) is 0 Å². The molecule has 1 atom stereocenters. The topological polar surface area (TPSA) is 61.7 Å². The molecular formula is C14H19ClN2O2. The number of aliphatic hydroxyl groups is 1. The molecule has 1 aromatic rings. The molecule has 1 amide bonds. The second-order valence-corrected chi connectivity index (χ2v) is 4.82. The quantitative estimate of drug-likeness (QED) is 0.622. The van der Waals surface area contributed by atoms with Crippen molar-refractivity contribution in [2.24, 2.45) is 5.10 Å². The standard InChI is InChI=1S/C14H19ClN2O2/c1-3-4-5-10(2)16-17-14(19)13(18)11-6-8-12(15)9-7-11/h6-9,13,18H,3-5H2,1-2H3,(H,17,19)/b16-10+/t13-/m0/s1. The fourth-order valence-corrected chi connectivity index (χ4v) is 1.62. The molecule has 0 fully saturated rings. The van der Waals surface area contributed by atoms with Gasteiger partial charge in [-0.25, -0.2) is 5.43 Å². The zero-order valence-electron chi connectivity index (χ0n) is 11.2. The molecule has 104 valence electrons. The van der Waals surface area contributed by atoms with E-state index in [9.17, 15) is 9.90 Å². The summed E-state index contributed by atoms with van der Waals surface area (Å²) in [4.78, 5) is 11.7. The van der Waals surface area contributed by atoms with Crippen molar-refractivity contribution in [2.75, 3.05) is 0 Å². The van der Waals surface area contributed by atoms with Crippen molar-refractivity contribution in [3.63, 3.8) is 0 Å². The molecule has 0 heterocycles. The van der Waals surface area contributed by atoms with E-state index in [1.807, 2.05) is 6.92 Å². The summed E-state index contributed by atoms with van der Waals surface area (Å²) in [5, 5.41) is 14.4. The minimum atomic E-state index is -1.24. The van der Waals surface area contributed by atoms with Gasteiger partial charge in [0.25, 0.3) is 5.91 Å². The molecule has 0 unspecified atom stereocenters. The van der Waals surface area contributed by atoms with E-state index in [1.54, 1.807) is 24.3 Å². The normalized spacial score (nSPS) is 13.2. The van der Waals surface area contributed by atoms with Crippen LogP contribution in [-0.2, 0) is 4.79 Å². The summed E-state index contributed by atoms with van der Waals surface area (Å²) in [6.07, 6.45) is 1.72. The molecule has 0 aromatic heterocycles. The Kier molecular flexibility index (Phi) is 6.53. The zero-order chi connectivity index (χ0) is 14.3. The predicted octanol–water partition coefficient (Wildman–Crippen LogP) is 3.06. The summed E-state index contributed by atoms with van der Waals surface area (Å²) < 4.78 is 0. The molecule has 1 rings (SSSR count). The first-order chi connectivity index (χ1) is 9.04. The monoisotopic (exact) mass is 282 g/mol. The van der Waals surface area contributed by atoms with Gasteiger partial charge in [0, 0.05) is 10.7 Å². The summed E-state index contributed by atoms with van der Waals surface area (Å²) in [5.41, 5.74) is 3.71. The molecule has 0 spiro atoms. The van der Waals surface area contributed by atoms with Crippen LogP contribution in [0, 0.1) is 0 Å². The SMILES string of the molecule is CCCC/C(C)=N/NC(=O)[C@@H](O)c1ccc(Cl)cc1. The lowest BCUT2D eigenvalue weighted by Gasteiger charge is -2.09. The largest absolute Gasteiger partial charge is 0.378 e. The van der Waals surface area contributed by atoms with E-state index in [-0.39, 0.29) is 0 Å². The maximum absolute atomic E-state index is 11.7. The van der Waals surface area contributed by atoms with Gasteiger partial charge in [0.15, 0.2) is 6.10 Å². The summed E-state index contributed by atoms with van der Waals surface area (Å²) in [7, 11) is 0. The number of carbonyl (C=O) groups excluding carboxylic acids is 1. The van der Waals surface area contributed by atoms with Gasteiger partial charge in [-0.3, -0.25) is 4.79 Å². The van der Waals surface area contributed by atoms with E-state index in [4.69, 9.17) is 11.6 Å². The third kappa shape index (κ3) is 5.41. The number of rotatable bonds is 6. The third-order valence-corrected chi connectivity index (χ3v) is 2.94. The second-order valence-electron chi connectivity index (χ2n) is 4.38. The second kappa shape index (κ2) is 7.92. The maximum Gasteiger partial charge on any atom is 0.273 e. The van der Waals surface area contributed by atoms with Crippen LogP contribution in [0.5, 0.6) is 0 Å².